The van der Waals surface area contributed by atoms with Crippen molar-refractivity contribution < 1.29 is 19.5 Å². The van der Waals surface area contributed by atoms with Gasteiger partial charge in [-0.1, -0.05) is 48.5 Å². The molecular weight excluding hydrogens is 400 g/mol. The van der Waals surface area contributed by atoms with Gasteiger partial charge in [0.15, 0.2) is 0 Å². The summed E-state index contributed by atoms with van der Waals surface area (Å²) in [6.07, 6.45) is 0.0968. The van der Waals surface area contributed by atoms with Gasteiger partial charge in [0.2, 0.25) is 5.91 Å². The standard InChI is InChI=1S/C23H22N2O4S/c24-20(14-21(26)27)23(29)25-22(28)19-8-4-3-6-16(19)11-12-30-18-10-9-15-5-1-2-7-17(15)13-18/h1-10,13,20H,11-12,14,24H2,(H,26,27)(H,25,28,29)/t20-/m0/s1. The van der Waals surface area contributed by atoms with E-state index in [0.717, 1.165) is 16.2 Å². The minimum atomic E-state index is -1.28. The molecule has 6 nitrogen and oxygen atoms in total. The number of thioether (sulfide) groups is 1. The highest BCUT2D eigenvalue weighted by Gasteiger charge is 2.21. The Balaban J connectivity index is 1.62. The first-order valence-corrected chi connectivity index (χ1v) is 10.4. The van der Waals surface area contributed by atoms with Crippen molar-refractivity contribution >= 4 is 40.3 Å². The summed E-state index contributed by atoms with van der Waals surface area (Å²) in [6, 6.07) is 20.2. The molecule has 0 saturated carbocycles. The van der Waals surface area contributed by atoms with Crippen molar-refractivity contribution in [1.29, 1.82) is 0 Å². The van der Waals surface area contributed by atoms with Gasteiger partial charge in [0, 0.05) is 16.2 Å². The number of hydrogen-bond donors (Lipinski definition) is 3. The zero-order valence-corrected chi connectivity index (χ0v) is 17.0. The number of hydrogen-bond acceptors (Lipinski definition) is 5. The molecule has 2 amide bonds. The predicted molar refractivity (Wildman–Crippen MR) is 118 cm³/mol. The van der Waals surface area contributed by atoms with Gasteiger partial charge in [-0.25, -0.2) is 0 Å². The zero-order valence-electron chi connectivity index (χ0n) is 16.2. The van der Waals surface area contributed by atoms with Gasteiger partial charge in [0.05, 0.1) is 12.5 Å². The molecule has 0 unspecified atom stereocenters. The van der Waals surface area contributed by atoms with Crippen LogP contribution in [0.3, 0.4) is 0 Å². The molecular formula is C23H22N2O4S. The van der Waals surface area contributed by atoms with E-state index in [-0.39, 0.29) is 0 Å². The second-order valence-corrected chi connectivity index (χ2v) is 7.96. The number of imide groups is 1. The highest BCUT2D eigenvalue weighted by Crippen LogP contribution is 2.24. The monoisotopic (exact) mass is 422 g/mol. The number of benzene rings is 3. The highest BCUT2D eigenvalue weighted by molar-refractivity contribution is 7.99. The van der Waals surface area contributed by atoms with Crippen LogP contribution in [-0.2, 0) is 16.0 Å². The van der Waals surface area contributed by atoms with Crippen LogP contribution in [0.2, 0.25) is 0 Å². The Morgan fingerprint density at radius 1 is 0.967 bits per heavy atom. The summed E-state index contributed by atoms with van der Waals surface area (Å²) in [5.41, 5.74) is 6.71. The first-order valence-electron chi connectivity index (χ1n) is 9.46. The lowest BCUT2D eigenvalue weighted by Crippen LogP contribution is -2.44. The molecule has 0 aliphatic rings. The Bertz CT molecular complexity index is 1080. The maximum absolute atomic E-state index is 12.5. The molecule has 0 spiro atoms. The molecule has 0 aromatic heterocycles. The third kappa shape index (κ3) is 5.68. The van der Waals surface area contributed by atoms with E-state index in [1.165, 1.54) is 10.8 Å². The second kappa shape index (κ2) is 10.0. The van der Waals surface area contributed by atoms with Crippen LogP contribution in [0.15, 0.2) is 71.6 Å². The number of amides is 2. The zero-order chi connectivity index (χ0) is 21.5. The average Bonchev–Trinajstić information content (AvgIpc) is 2.73. The molecule has 0 fully saturated rings. The van der Waals surface area contributed by atoms with Gasteiger partial charge >= 0.3 is 5.97 Å². The van der Waals surface area contributed by atoms with E-state index in [0.29, 0.717) is 12.0 Å². The number of rotatable bonds is 8. The van der Waals surface area contributed by atoms with Crippen LogP contribution in [0, 0.1) is 0 Å². The Labute approximate surface area is 178 Å². The summed E-state index contributed by atoms with van der Waals surface area (Å²) >= 11 is 1.69. The molecule has 154 valence electrons. The molecule has 3 aromatic carbocycles. The number of carboxylic acid groups (broad SMARTS) is 1. The van der Waals surface area contributed by atoms with Gasteiger partial charge in [0.25, 0.3) is 5.91 Å². The molecule has 0 aliphatic heterocycles. The molecule has 1 atom stereocenters. The Morgan fingerprint density at radius 3 is 2.43 bits per heavy atom. The summed E-state index contributed by atoms with van der Waals surface area (Å²) in [6.45, 7) is 0. The number of aliphatic carboxylic acids is 1. The lowest BCUT2D eigenvalue weighted by atomic mass is 10.0. The Kier molecular flexibility index (Phi) is 7.21. The molecule has 30 heavy (non-hydrogen) atoms. The fourth-order valence-electron chi connectivity index (χ4n) is 3.05. The lowest BCUT2D eigenvalue weighted by molar-refractivity contribution is -0.139. The number of carbonyl (C=O) groups excluding carboxylic acids is 2. The van der Waals surface area contributed by atoms with Crippen molar-refractivity contribution in [3.8, 4) is 0 Å². The van der Waals surface area contributed by atoms with E-state index < -0.39 is 30.2 Å². The van der Waals surface area contributed by atoms with E-state index in [9.17, 15) is 14.4 Å². The second-order valence-electron chi connectivity index (χ2n) is 6.79. The van der Waals surface area contributed by atoms with Gasteiger partial charge < -0.3 is 10.8 Å². The lowest BCUT2D eigenvalue weighted by Gasteiger charge is -2.12. The van der Waals surface area contributed by atoms with Crippen LogP contribution in [0.25, 0.3) is 10.8 Å². The number of carboxylic acids is 1. The fourth-order valence-corrected chi connectivity index (χ4v) is 3.98. The Hall–Kier alpha value is -3.16. The van der Waals surface area contributed by atoms with Gasteiger partial charge in [-0.15, -0.1) is 11.8 Å². The van der Waals surface area contributed by atoms with Crippen LogP contribution in [-0.4, -0.2) is 34.7 Å². The van der Waals surface area contributed by atoms with Crippen molar-refractivity contribution in [2.75, 3.05) is 5.75 Å². The normalized spacial score (nSPS) is 11.8. The summed E-state index contributed by atoms with van der Waals surface area (Å²) in [5, 5.41) is 13.3. The summed E-state index contributed by atoms with van der Waals surface area (Å²) in [4.78, 5) is 36.3. The van der Waals surface area contributed by atoms with Gasteiger partial charge in [-0.05, 0) is 41.0 Å². The molecule has 0 aliphatic carbocycles. The third-order valence-corrected chi connectivity index (χ3v) is 5.59. The predicted octanol–water partition coefficient (Wildman–Crippen LogP) is 3.23. The maximum Gasteiger partial charge on any atom is 0.305 e. The van der Waals surface area contributed by atoms with E-state index >= 15 is 0 Å². The molecule has 0 radical (unpaired) electrons. The van der Waals surface area contributed by atoms with Crippen molar-refractivity contribution in [3.05, 3.63) is 77.9 Å². The smallest absolute Gasteiger partial charge is 0.305 e. The SMILES string of the molecule is N[C@@H](CC(=O)O)C(=O)NC(=O)c1ccccc1CCSc1ccc2ccccc2c1. The van der Waals surface area contributed by atoms with Crippen LogP contribution in [0.5, 0.6) is 0 Å². The van der Waals surface area contributed by atoms with E-state index in [4.69, 9.17) is 10.8 Å². The summed E-state index contributed by atoms with van der Waals surface area (Å²) in [5.74, 6) is -1.82. The summed E-state index contributed by atoms with van der Waals surface area (Å²) in [7, 11) is 0. The largest absolute Gasteiger partial charge is 0.481 e. The van der Waals surface area contributed by atoms with Crippen molar-refractivity contribution in [3.63, 3.8) is 0 Å². The summed E-state index contributed by atoms with van der Waals surface area (Å²) < 4.78 is 0. The first kappa shape index (κ1) is 21.5. The van der Waals surface area contributed by atoms with E-state index in [2.05, 4.69) is 35.6 Å². The molecule has 0 heterocycles. The van der Waals surface area contributed by atoms with Gasteiger partial charge in [0.1, 0.15) is 0 Å². The highest BCUT2D eigenvalue weighted by atomic mass is 32.2. The van der Waals surface area contributed by atoms with Crippen LogP contribution < -0.4 is 11.1 Å². The molecule has 0 saturated heterocycles. The van der Waals surface area contributed by atoms with Crippen molar-refractivity contribution in [2.24, 2.45) is 5.73 Å². The minimum absolute atomic E-state index is 0.382. The van der Waals surface area contributed by atoms with Gasteiger partial charge in [-0.2, -0.15) is 0 Å². The number of aryl methyl sites for hydroxylation is 1. The van der Waals surface area contributed by atoms with Gasteiger partial charge in [-0.3, -0.25) is 19.7 Å². The van der Waals surface area contributed by atoms with E-state index in [1.54, 1.807) is 23.9 Å². The minimum Gasteiger partial charge on any atom is -0.481 e. The molecule has 7 heteroatoms. The fraction of sp³-hybridized carbons (Fsp3) is 0.174. The van der Waals surface area contributed by atoms with E-state index in [1.807, 2.05) is 24.3 Å². The topological polar surface area (TPSA) is 109 Å². The molecule has 3 aromatic rings. The number of carbonyl (C=O) groups is 3. The van der Waals surface area contributed by atoms with Crippen molar-refractivity contribution in [1.82, 2.24) is 5.32 Å². The maximum atomic E-state index is 12.5. The van der Waals surface area contributed by atoms with Crippen molar-refractivity contribution in [2.45, 2.75) is 23.8 Å². The Morgan fingerprint density at radius 2 is 1.67 bits per heavy atom. The van der Waals surface area contributed by atoms with Crippen LogP contribution >= 0.6 is 11.8 Å². The first-order chi connectivity index (χ1) is 14.4. The third-order valence-electron chi connectivity index (χ3n) is 4.59. The van der Waals surface area contributed by atoms with Crippen LogP contribution in [0.4, 0.5) is 0 Å². The molecule has 4 N–H and O–H groups in total. The number of fused-ring (bicyclic) bond motifs is 1. The van der Waals surface area contributed by atoms with Crippen LogP contribution in [0.1, 0.15) is 22.3 Å². The average molecular weight is 423 g/mol. The quantitative estimate of drug-likeness (QED) is 0.481. The number of nitrogens with one attached hydrogen (secondary N) is 1. The molecule has 0 bridgehead atoms. The number of nitrogens with two attached hydrogens (primary N) is 1. The molecule has 3 rings (SSSR count).